The van der Waals surface area contributed by atoms with Crippen LogP contribution in [0, 0.1) is 0 Å². The van der Waals surface area contributed by atoms with Crippen molar-refractivity contribution in [1.82, 2.24) is 4.98 Å². The molecule has 0 radical (unpaired) electrons. The first kappa shape index (κ1) is 24.3. The zero-order valence-corrected chi connectivity index (χ0v) is 22.5. The molecule has 2 heterocycles. The van der Waals surface area contributed by atoms with Crippen molar-refractivity contribution in [1.29, 1.82) is 0 Å². The van der Waals surface area contributed by atoms with Crippen molar-refractivity contribution in [3.8, 4) is 39.4 Å². The number of carbonyl (C=O) groups is 1. The zero-order valence-electron chi connectivity index (χ0n) is 20.9. The Morgan fingerprint density at radius 1 is 0.579 bits per heavy atom. The molecule has 5 aromatic rings. The van der Waals surface area contributed by atoms with E-state index in [1.165, 1.54) is 9.79 Å². The summed E-state index contributed by atoms with van der Waals surface area (Å²) in [5.41, 5.74) is 7.94. The number of nitrogens with one attached hydrogen (secondary N) is 1. The third-order valence-electron chi connectivity index (χ3n) is 6.82. The lowest BCUT2D eigenvalue weighted by Crippen LogP contribution is -1.99. The van der Waals surface area contributed by atoms with Gasteiger partial charge in [-0.3, -0.25) is 4.79 Å². The number of benzene rings is 4. The van der Waals surface area contributed by atoms with Crippen LogP contribution in [0.15, 0.2) is 112 Å². The van der Waals surface area contributed by atoms with Gasteiger partial charge < -0.3 is 10.1 Å². The molecule has 0 aliphatic carbocycles. The maximum Gasteiger partial charge on any atom is 0.280 e. The highest BCUT2D eigenvalue weighted by Gasteiger charge is 2.33. The fourth-order valence-electron chi connectivity index (χ4n) is 4.79. The van der Waals surface area contributed by atoms with Crippen LogP contribution in [0.2, 0.25) is 0 Å². The molecule has 1 amide bonds. The van der Waals surface area contributed by atoms with Gasteiger partial charge >= 0.3 is 0 Å². The number of hydrogen-bond acceptors (Lipinski definition) is 4. The Kier molecular flexibility index (Phi) is 6.44. The van der Waals surface area contributed by atoms with Crippen molar-refractivity contribution in [2.24, 2.45) is 4.99 Å². The Hall–Kier alpha value is -4.00. The second kappa shape index (κ2) is 10.0. The molecule has 6 heteroatoms. The monoisotopic (exact) mass is 532 g/mol. The van der Waals surface area contributed by atoms with Gasteiger partial charge in [-0.05, 0) is 64.6 Å². The minimum atomic E-state index is -0.352. The van der Waals surface area contributed by atoms with Gasteiger partial charge in [0, 0.05) is 15.4 Å². The summed E-state index contributed by atoms with van der Waals surface area (Å²) in [4.78, 5) is 22.8. The van der Waals surface area contributed by atoms with E-state index in [0.29, 0.717) is 22.5 Å². The summed E-state index contributed by atoms with van der Waals surface area (Å²) in [6, 6.07) is 32.7. The van der Waals surface area contributed by atoms with Crippen molar-refractivity contribution >= 4 is 35.1 Å². The predicted molar refractivity (Wildman–Crippen MR) is 159 cm³/mol. The van der Waals surface area contributed by atoms with Gasteiger partial charge in [-0.1, -0.05) is 72.8 Å². The minimum Gasteiger partial charge on any atom is -0.494 e. The number of nitrogens with zero attached hydrogens (tertiary/aromatic N) is 1. The normalized spacial score (nSPS) is 12.5. The number of aromatic nitrogens is 1. The van der Waals surface area contributed by atoms with Crippen molar-refractivity contribution in [2.75, 3.05) is 12.5 Å². The van der Waals surface area contributed by atoms with E-state index >= 15 is 0 Å². The largest absolute Gasteiger partial charge is 0.494 e. The van der Waals surface area contributed by atoms with Crippen LogP contribution in [0.1, 0.15) is 21.5 Å². The molecule has 2 N–H and O–H groups in total. The summed E-state index contributed by atoms with van der Waals surface area (Å²) in [6.07, 6.45) is 4.12. The van der Waals surface area contributed by atoms with E-state index in [1.54, 1.807) is 23.5 Å². The molecular weight excluding hydrogens is 508 g/mol. The van der Waals surface area contributed by atoms with Crippen molar-refractivity contribution in [3.05, 3.63) is 114 Å². The van der Waals surface area contributed by atoms with Crippen LogP contribution in [0.5, 0.6) is 5.88 Å². The molecule has 0 bridgehead atoms. The van der Waals surface area contributed by atoms with Crippen LogP contribution in [0.4, 0.5) is 0 Å². The van der Waals surface area contributed by atoms with Gasteiger partial charge in [-0.15, -0.1) is 23.5 Å². The Bertz CT molecular complexity index is 1670. The topological polar surface area (TPSA) is 65.5 Å². The van der Waals surface area contributed by atoms with Gasteiger partial charge in [0.05, 0.1) is 22.5 Å². The zero-order chi connectivity index (χ0) is 26.2. The quantitative estimate of drug-likeness (QED) is 0.217. The summed E-state index contributed by atoms with van der Waals surface area (Å²) in [7, 11) is 0. The minimum absolute atomic E-state index is 0.0481. The number of rotatable bonds is 6. The highest BCUT2D eigenvalue weighted by molar-refractivity contribution is 7.98. The molecular formula is C32H24N2O2S2. The number of hydrogen-bond donors (Lipinski definition) is 2. The maximum absolute atomic E-state index is 13.0. The standard InChI is InChI=1S/C32H24N2O2S2/c1-37-25-15-11-21(12-16-25)19-3-7-23(8-4-19)29-27-28(32(36)33-29)30(34-31(27)35)24-9-5-20(6-10-24)22-13-17-26(38-2)18-14-22/h3-18,33,36H,1-2H3. The van der Waals surface area contributed by atoms with Gasteiger partial charge in [-0.2, -0.15) is 0 Å². The first-order valence-corrected chi connectivity index (χ1v) is 14.6. The third-order valence-corrected chi connectivity index (χ3v) is 8.31. The van der Waals surface area contributed by atoms with Gasteiger partial charge in [0.2, 0.25) is 0 Å². The Labute approximate surface area is 229 Å². The molecule has 1 aliphatic heterocycles. The van der Waals surface area contributed by atoms with E-state index in [1.807, 2.05) is 48.5 Å². The number of aromatic hydroxyl groups is 1. The molecule has 4 nitrogen and oxygen atoms in total. The Morgan fingerprint density at radius 3 is 1.42 bits per heavy atom. The van der Waals surface area contributed by atoms with Crippen LogP contribution in [-0.4, -0.2) is 34.2 Å². The van der Waals surface area contributed by atoms with Crippen molar-refractivity contribution in [3.63, 3.8) is 0 Å². The van der Waals surface area contributed by atoms with Gasteiger partial charge in [0.25, 0.3) is 5.91 Å². The highest BCUT2D eigenvalue weighted by Crippen LogP contribution is 2.39. The molecule has 1 aliphatic rings. The number of amides is 1. The van der Waals surface area contributed by atoms with Gasteiger partial charge in [0.1, 0.15) is 0 Å². The fourth-order valence-corrected chi connectivity index (χ4v) is 5.60. The lowest BCUT2D eigenvalue weighted by Gasteiger charge is -2.06. The lowest BCUT2D eigenvalue weighted by molar-refractivity contribution is 0.101. The number of aliphatic imine (C=N–C) groups is 1. The van der Waals surface area contributed by atoms with Crippen LogP contribution >= 0.6 is 23.5 Å². The summed E-state index contributed by atoms with van der Waals surface area (Å²) in [5.74, 6) is -0.400. The lowest BCUT2D eigenvalue weighted by atomic mass is 9.97. The number of fused-ring (bicyclic) bond motifs is 1. The first-order chi connectivity index (χ1) is 18.6. The molecule has 0 saturated carbocycles. The molecule has 0 saturated heterocycles. The summed E-state index contributed by atoms with van der Waals surface area (Å²) in [5, 5.41) is 10.8. The summed E-state index contributed by atoms with van der Waals surface area (Å²) in [6.45, 7) is 0. The molecule has 0 unspecified atom stereocenters. The van der Waals surface area contributed by atoms with Crippen LogP contribution < -0.4 is 0 Å². The maximum atomic E-state index is 13.0. The second-order valence-corrected chi connectivity index (χ2v) is 10.7. The van der Waals surface area contributed by atoms with Gasteiger partial charge in [0.15, 0.2) is 5.88 Å². The third kappa shape index (κ3) is 4.36. The van der Waals surface area contributed by atoms with Crippen molar-refractivity contribution < 1.29 is 9.90 Å². The predicted octanol–water partition coefficient (Wildman–Crippen LogP) is 8.16. The van der Waals surface area contributed by atoms with E-state index in [2.05, 4.69) is 71.0 Å². The van der Waals surface area contributed by atoms with E-state index in [-0.39, 0.29) is 11.8 Å². The highest BCUT2D eigenvalue weighted by atomic mass is 32.2. The van der Waals surface area contributed by atoms with E-state index in [0.717, 1.165) is 33.4 Å². The molecule has 0 fully saturated rings. The number of thioether (sulfide) groups is 2. The Morgan fingerprint density at radius 2 is 0.974 bits per heavy atom. The van der Waals surface area contributed by atoms with Crippen LogP contribution in [0.25, 0.3) is 33.5 Å². The molecule has 1 aromatic heterocycles. The molecule has 0 spiro atoms. The summed E-state index contributed by atoms with van der Waals surface area (Å²) < 4.78 is 0. The number of aromatic amines is 1. The average Bonchev–Trinajstić information content (AvgIpc) is 3.51. The Balaban J connectivity index is 1.29. The molecule has 0 atom stereocenters. The smallest absolute Gasteiger partial charge is 0.280 e. The van der Waals surface area contributed by atoms with Crippen LogP contribution in [-0.2, 0) is 0 Å². The molecule has 4 aromatic carbocycles. The van der Waals surface area contributed by atoms with E-state index in [9.17, 15) is 9.90 Å². The van der Waals surface area contributed by atoms with E-state index < -0.39 is 0 Å². The summed E-state index contributed by atoms with van der Waals surface area (Å²) >= 11 is 3.43. The number of H-pyrrole nitrogens is 1. The fraction of sp³-hybridized carbons (Fsp3) is 0.0625. The molecule has 38 heavy (non-hydrogen) atoms. The SMILES string of the molecule is CSc1ccc(-c2ccc(C3=NC(=O)c4c(-c5ccc(-c6ccc(SC)cc6)cc5)[nH]c(O)c43)cc2)cc1. The molecule has 6 rings (SSSR count). The second-order valence-electron chi connectivity index (χ2n) is 8.98. The first-order valence-electron chi connectivity index (χ1n) is 12.1. The van der Waals surface area contributed by atoms with E-state index in [4.69, 9.17) is 0 Å². The number of carbonyl (C=O) groups excluding carboxylic acids is 1. The van der Waals surface area contributed by atoms with Crippen LogP contribution in [0.3, 0.4) is 0 Å². The molecule has 186 valence electrons. The van der Waals surface area contributed by atoms with Crippen molar-refractivity contribution in [2.45, 2.75) is 9.79 Å². The van der Waals surface area contributed by atoms with Gasteiger partial charge in [-0.25, -0.2) is 4.99 Å². The average molecular weight is 533 g/mol.